The van der Waals surface area contributed by atoms with Crippen molar-refractivity contribution in [1.82, 2.24) is 4.90 Å². The predicted octanol–water partition coefficient (Wildman–Crippen LogP) is 2.52. The van der Waals surface area contributed by atoms with Crippen LogP contribution in [0.25, 0.3) is 0 Å². The van der Waals surface area contributed by atoms with Gasteiger partial charge in [0.15, 0.2) is 0 Å². The Morgan fingerprint density at radius 1 is 1.29 bits per heavy atom. The largest absolute Gasteiger partial charge is 0.492 e. The molecular formula is C14H22N2O. The van der Waals surface area contributed by atoms with Crippen LogP contribution in [0.3, 0.4) is 0 Å². The lowest BCUT2D eigenvalue weighted by Crippen LogP contribution is -2.40. The lowest BCUT2D eigenvalue weighted by atomic mass is 10.0. The molecule has 3 heteroatoms. The summed E-state index contributed by atoms with van der Waals surface area (Å²) in [6.45, 7) is 7.55. The van der Waals surface area contributed by atoms with Crippen LogP contribution in [0.4, 0.5) is 5.69 Å². The average molecular weight is 234 g/mol. The van der Waals surface area contributed by atoms with Gasteiger partial charge in [-0.2, -0.15) is 0 Å². The van der Waals surface area contributed by atoms with E-state index in [2.05, 4.69) is 18.7 Å². The number of nitrogens with zero attached hydrogens (tertiary/aromatic N) is 1. The van der Waals surface area contributed by atoms with Crippen LogP contribution in [-0.4, -0.2) is 30.1 Å². The van der Waals surface area contributed by atoms with Crippen molar-refractivity contribution in [1.29, 1.82) is 0 Å². The first-order valence-corrected chi connectivity index (χ1v) is 6.31. The summed E-state index contributed by atoms with van der Waals surface area (Å²) in [5.74, 6) is 0.899. The molecule has 1 aromatic carbocycles. The Morgan fingerprint density at radius 2 is 2.00 bits per heavy atom. The van der Waals surface area contributed by atoms with Crippen LogP contribution >= 0.6 is 0 Å². The molecule has 0 unspecified atom stereocenters. The highest BCUT2D eigenvalue weighted by Crippen LogP contribution is 2.27. The maximum atomic E-state index is 5.72. The molecule has 1 heterocycles. The molecule has 0 radical (unpaired) electrons. The Hall–Kier alpha value is -1.22. The summed E-state index contributed by atoms with van der Waals surface area (Å²) in [4.78, 5) is 2.50. The van der Waals surface area contributed by atoms with Gasteiger partial charge in [-0.1, -0.05) is 0 Å². The van der Waals surface area contributed by atoms with Gasteiger partial charge in [0, 0.05) is 17.8 Å². The zero-order chi connectivity index (χ0) is 12.3. The molecule has 0 aromatic heterocycles. The predicted molar refractivity (Wildman–Crippen MR) is 71.2 cm³/mol. The van der Waals surface area contributed by atoms with Gasteiger partial charge in [-0.3, -0.25) is 4.90 Å². The summed E-state index contributed by atoms with van der Waals surface area (Å²) in [5, 5.41) is 0. The fourth-order valence-electron chi connectivity index (χ4n) is 2.42. The molecule has 1 aliphatic rings. The van der Waals surface area contributed by atoms with Crippen LogP contribution in [0.5, 0.6) is 5.75 Å². The van der Waals surface area contributed by atoms with Crippen LogP contribution in [-0.2, 0) is 0 Å². The third-order valence-corrected chi connectivity index (χ3v) is 3.58. The van der Waals surface area contributed by atoms with Crippen molar-refractivity contribution >= 4 is 5.69 Å². The minimum absolute atomic E-state index is 0.338. The molecule has 1 aliphatic heterocycles. The number of likely N-dealkylation sites (tertiary alicyclic amines) is 1. The summed E-state index contributed by atoms with van der Waals surface area (Å²) >= 11 is 0. The molecule has 0 spiro atoms. The second-order valence-corrected chi connectivity index (χ2v) is 5.32. The minimum atomic E-state index is 0.338. The van der Waals surface area contributed by atoms with Crippen molar-refractivity contribution in [3.63, 3.8) is 0 Å². The van der Waals surface area contributed by atoms with E-state index in [1.54, 1.807) is 0 Å². The van der Waals surface area contributed by atoms with Crippen molar-refractivity contribution in [2.24, 2.45) is 0 Å². The first kappa shape index (κ1) is 12.2. The molecule has 0 atom stereocenters. The SMILES string of the molecule is CC1(C)CCCN1CCOc1ccc(N)cc1. The quantitative estimate of drug-likeness (QED) is 0.814. The molecule has 2 rings (SSSR count). The summed E-state index contributed by atoms with van der Waals surface area (Å²) in [7, 11) is 0. The van der Waals surface area contributed by atoms with Crippen LogP contribution < -0.4 is 10.5 Å². The molecule has 1 aromatic rings. The fraction of sp³-hybridized carbons (Fsp3) is 0.571. The van der Waals surface area contributed by atoms with E-state index in [1.165, 1.54) is 19.4 Å². The minimum Gasteiger partial charge on any atom is -0.492 e. The smallest absolute Gasteiger partial charge is 0.119 e. The summed E-state index contributed by atoms with van der Waals surface area (Å²) in [5.41, 5.74) is 6.74. The van der Waals surface area contributed by atoms with Gasteiger partial charge in [-0.05, 0) is 57.5 Å². The topological polar surface area (TPSA) is 38.5 Å². The molecule has 2 N–H and O–H groups in total. The fourth-order valence-corrected chi connectivity index (χ4v) is 2.42. The van der Waals surface area contributed by atoms with E-state index in [0.29, 0.717) is 5.54 Å². The zero-order valence-corrected chi connectivity index (χ0v) is 10.8. The summed E-state index contributed by atoms with van der Waals surface area (Å²) in [6, 6.07) is 7.58. The van der Waals surface area contributed by atoms with Gasteiger partial charge in [0.05, 0.1) is 0 Å². The Bertz CT molecular complexity index is 359. The molecule has 1 fully saturated rings. The number of hydrogen-bond acceptors (Lipinski definition) is 3. The van der Waals surface area contributed by atoms with Gasteiger partial charge < -0.3 is 10.5 Å². The lowest BCUT2D eigenvalue weighted by molar-refractivity contribution is 0.143. The van der Waals surface area contributed by atoms with E-state index < -0.39 is 0 Å². The molecular weight excluding hydrogens is 212 g/mol. The van der Waals surface area contributed by atoms with Crippen LogP contribution in [0.15, 0.2) is 24.3 Å². The third kappa shape index (κ3) is 3.13. The van der Waals surface area contributed by atoms with E-state index in [-0.39, 0.29) is 0 Å². The van der Waals surface area contributed by atoms with E-state index in [0.717, 1.165) is 24.6 Å². The number of rotatable bonds is 4. The van der Waals surface area contributed by atoms with Gasteiger partial charge in [0.1, 0.15) is 12.4 Å². The monoisotopic (exact) mass is 234 g/mol. The average Bonchev–Trinajstić information content (AvgIpc) is 2.61. The molecule has 94 valence electrons. The van der Waals surface area contributed by atoms with Gasteiger partial charge in [0.2, 0.25) is 0 Å². The molecule has 3 nitrogen and oxygen atoms in total. The number of anilines is 1. The summed E-state index contributed by atoms with van der Waals surface area (Å²) in [6.07, 6.45) is 2.59. The van der Waals surface area contributed by atoms with Crippen LogP contribution in [0.2, 0.25) is 0 Å². The third-order valence-electron chi connectivity index (χ3n) is 3.58. The number of nitrogens with two attached hydrogens (primary N) is 1. The van der Waals surface area contributed by atoms with Gasteiger partial charge in [-0.25, -0.2) is 0 Å². The van der Waals surface area contributed by atoms with E-state index in [4.69, 9.17) is 10.5 Å². The van der Waals surface area contributed by atoms with Crippen molar-refractivity contribution < 1.29 is 4.74 Å². The molecule has 0 saturated carbocycles. The molecule has 0 amide bonds. The lowest BCUT2D eigenvalue weighted by Gasteiger charge is -2.31. The van der Waals surface area contributed by atoms with Crippen molar-refractivity contribution in [3.05, 3.63) is 24.3 Å². The normalized spacial score (nSPS) is 19.4. The summed E-state index contributed by atoms with van der Waals surface area (Å²) < 4.78 is 5.72. The van der Waals surface area contributed by atoms with E-state index in [9.17, 15) is 0 Å². The van der Waals surface area contributed by atoms with Gasteiger partial charge in [-0.15, -0.1) is 0 Å². The number of ether oxygens (including phenoxy) is 1. The van der Waals surface area contributed by atoms with Gasteiger partial charge >= 0.3 is 0 Å². The molecule has 0 bridgehead atoms. The van der Waals surface area contributed by atoms with Crippen LogP contribution in [0.1, 0.15) is 26.7 Å². The Kier molecular flexibility index (Phi) is 3.57. The highest BCUT2D eigenvalue weighted by atomic mass is 16.5. The highest BCUT2D eigenvalue weighted by Gasteiger charge is 2.31. The highest BCUT2D eigenvalue weighted by molar-refractivity contribution is 5.41. The van der Waals surface area contributed by atoms with E-state index in [1.807, 2.05) is 24.3 Å². The first-order valence-electron chi connectivity index (χ1n) is 6.31. The molecule has 0 aliphatic carbocycles. The van der Waals surface area contributed by atoms with Crippen LogP contribution in [0, 0.1) is 0 Å². The maximum Gasteiger partial charge on any atom is 0.119 e. The second kappa shape index (κ2) is 4.96. The number of benzene rings is 1. The standard InChI is InChI=1S/C14H22N2O/c1-14(2)8-3-9-16(14)10-11-17-13-6-4-12(15)5-7-13/h4-7H,3,8-11,15H2,1-2H3. The zero-order valence-electron chi connectivity index (χ0n) is 10.8. The maximum absolute atomic E-state index is 5.72. The Labute approximate surface area is 104 Å². The number of hydrogen-bond donors (Lipinski definition) is 1. The van der Waals surface area contributed by atoms with Crippen molar-refractivity contribution in [3.8, 4) is 5.75 Å². The van der Waals surface area contributed by atoms with E-state index >= 15 is 0 Å². The van der Waals surface area contributed by atoms with Crippen molar-refractivity contribution in [2.45, 2.75) is 32.2 Å². The second-order valence-electron chi connectivity index (χ2n) is 5.32. The Morgan fingerprint density at radius 3 is 2.59 bits per heavy atom. The Balaban J connectivity index is 1.78. The first-order chi connectivity index (χ1) is 8.08. The number of nitrogen functional groups attached to an aromatic ring is 1. The molecule has 17 heavy (non-hydrogen) atoms. The van der Waals surface area contributed by atoms with Crippen molar-refractivity contribution in [2.75, 3.05) is 25.4 Å². The van der Waals surface area contributed by atoms with Gasteiger partial charge in [0.25, 0.3) is 0 Å². The molecule has 1 saturated heterocycles.